The molecule has 0 aliphatic rings. The first-order valence-corrected chi connectivity index (χ1v) is 11.7. The predicted molar refractivity (Wildman–Crippen MR) is 129 cm³/mol. The third-order valence-corrected chi connectivity index (χ3v) is 5.80. The van der Waals surface area contributed by atoms with Crippen molar-refractivity contribution in [2.75, 3.05) is 25.6 Å². The van der Waals surface area contributed by atoms with Crippen molar-refractivity contribution in [1.29, 1.82) is 0 Å². The second-order valence-electron chi connectivity index (χ2n) is 8.40. The Morgan fingerprint density at radius 3 is 2.62 bits per heavy atom. The summed E-state index contributed by atoms with van der Waals surface area (Å²) in [6.45, 7) is -0.163. The van der Waals surface area contributed by atoms with E-state index in [0.29, 0.717) is 30.6 Å². The van der Waals surface area contributed by atoms with Crippen molar-refractivity contribution in [3.63, 3.8) is 0 Å². The van der Waals surface area contributed by atoms with Crippen molar-refractivity contribution >= 4 is 17.8 Å². The number of aliphatic hydroxyl groups excluding tert-OH is 1. The number of benzene rings is 2. The normalized spacial score (nSPS) is 11.7. The molecule has 198 valence electrons. The third kappa shape index (κ3) is 8.07. The Morgan fingerprint density at radius 2 is 1.89 bits per heavy atom. The summed E-state index contributed by atoms with van der Waals surface area (Å²) in [7, 11) is 1.54. The van der Waals surface area contributed by atoms with Crippen molar-refractivity contribution in [3.8, 4) is 11.3 Å². The van der Waals surface area contributed by atoms with E-state index in [4.69, 9.17) is 14.4 Å². The SMILES string of the molecule is CN(C(=O)CCc1cccc(F)c1F)[C@@H](CCCCO)COC(=O)Nc1cc(-c2ccc(F)cc2)on1. The number of hydrogen-bond acceptors (Lipinski definition) is 6. The maximum Gasteiger partial charge on any atom is 0.412 e. The first kappa shape index (κ1) is 27.7. The fourth-order valence-corrected chi connectivity index (χ4v) is 3.64. The molecule has 0 bridgehead atoms. The summed E-state index contributed by atoms with van der Waals surface area (Å²) < 4.78 is 50.9. The molecule has 1 atom stereocenters. The number of ether oxygens (including phenoxy) is 1. The first-order chi connectivity index (χ1) is 17.8. The van der Waals surface area contributed by atoms with E-state index < -0.39 is 29.6 Å². The van der Waals surface area contributed by atoms with Gasteiger partial charge in [0.25, 0.3) is 0 Å². The molecule has 2 aromatic carbocycles. The lowest BCUT2D eigenvalue weighted by Crippen LogP contribution is -2.41. The largest absolute Gasteiger partial charge is 0.447 e. The van der Waals surface area contributed by atoms with Gasteiger partial charge in [0.1, 0.15) is 12.4 Å². The molecular weight excluding hydrogens is 491 g/mol. The molecule has 3 aromatic rings. The standard InChI is InChI=1S/C26H28F3N3O5/c1-32(24(34)13-10-18-5-4-7-21(28)25(18)29)20(6-2-3-14-33)16-36-26(35)30-23-15-22(37-31-23)17-8-11-19(27)12-9-17/h4-5,7-9,11-12,15,20,33H,2-3,6,10,13-14,16H2,1H3,(H,30,31,35)/t20-/m0/s1. The van der Waals surface area contributed by atoms with Crippen LogP contribution in [0, 0.1) is 17.5 Å². The Hall–Kier alpha value is -3.86. The van der Waals surface area contributed by atoms with E-state index in [0.717, 1.165) is 6.07 Å². The van der Waals surface area contributed by atoms with Crippen molar-refractivity contribution in [2.45, 2.75) is 38.1 Å². The monoisotopic (exact) mass is 519 g/mol. The highest BCUT2D eigenvalue weighted by Crippen LogP contribution is 2.23. The Balaban J connectivity index is 1.55. The minimum absolute atomic E-state index is 0.0139. The predicted octanol–water partition coefficient (Wildman–Crippen LogP) is 4.93. The Kier molecular flexibility index (Phi) is 10.1. The van der Waals surface area contributed by atoms with Crippen molar-refractivity contribution in [2.24, 2.45) is 0 Å². The molecule has 0 spiro atoms. The number of carbonyl (C=O) groups excluding carboxylic acids is 2. The molecule has 11 heteroatoms. The summed E-state index contributed by atoms with van der Waals surface area (Å²) in [6, 6.07) is 10.3. The van der Waals surface area contributed by atoms with Gasteiger partial charge in [-0.2, -0.15) is 0 Å². The summed E-state index contributed by atoms with van der Waals surface area (Å²) in [6.07, 6.45) is 0.652. The summed E-state index contributed by atoms with van der Waals surface area (Å²) >= 11 is 0. The number of aromatic nitrogens is 1. The van der Waals surface area contributed by atoms with Crippen LogP contribution in [0.2, 0.25) is 0 Å². The average molecular weight is 520 g/mol. The molecule has 0 saturated carbocycles. The molecule has 2 N–H and O–H groups in total. The van der Waals surface area contributed by atoms with Crippen LogP contribution < -0.4 is 5.32 Å². The van der Waals surface area contributed by atoms with Crippen LogP contribution >= 0.6 is 0 Å². The van der Waals surface area contributed by atoms with Gasteiger partial charge in [-0.3, -0.25) is 10.1 Å². The second kappa shape index (κ2) is 13.4. The van der Waals surface area contributed by atoms with Gasteiger partial charge in [0.15, 0.2) is 23.2 Å². The minimum atomic E-state index is -0.979. The lowest BCUT2D eigenvalue weighted by molar-refractivity contribution is -0.133. The van der Waals surface area contributed by atoms with Gasteiger partial charge in [0.2, 0.25) is 5.91 Å². The van der Waals surface area contributed by atoms with Crippen molar-refractivity contribution < 1.29 is 37.1 Å². The summed E-state index contributed by atoms with van der Waals surface area (Å²) in [5.41, 5.74) is 0.666. The molecule has 0 saturated heterocycles. The van der Waals surface area contributed by atoms with Gasteiger partial charge in [0.05, 0.1) is 6.04 Å². The molecule has 0 fully saturated rings. The molecule has 0 aliphatic carbocycles. The van der Waals surface area contributed by atoms with E-state index in [2.05, 4.69) is 10.5 Å². The smallest absolute Gasteiger partial charge is 0.412 e. The van der Waals surface area contributed by atoms with Crippen LogP contribution in [0.25, 0.3) is 11.3 Å². The topological polar surface area (TPSA) is 105 Å². The van der Waals surface area contributed by atoms with Gasteiger partial charge in [-0.05, 0) is 61.6 Å². The van der Waals surface area contributed by atoms with Crippen LogP contribution in [0.5, 0.6) is 0 Å². The first-order valence-electron chi connectivity index (χ1n) is 11.7. The van der Waals surface area contributed by atoms with Crippen LogP contribution in [-0.4, -0.2) is 53.5 Å². The van der Waals surface area contributed by atoms with Crippen molar-refractivity contribution in [1.82, 2.24) is 10.1 Å². The summed E-state index contributed by atoms with van der Waals surface area (Å²) in [5.74, 6) is -2.28. The fourth-order valence-electron chi connectivity index (χ4n) is 3.64. The van der Waals surface area contributed by atoms with Crippen molar-refractivity contribution in [3.05, 3.63) is 71.5 Å². The Bertz CT molecular complexity index is 1190. The van der Waals surface area contributed by atoms with Crippen LogP contribution in [0.3, 0.4) is 0 Å². The molecule has 8 nitrogen and oxygen atoms in total. The number of likely N-dealkylation sites (N-methyl/N-ethyl adjacent to an activating group) is 1. The molecule has 0 unspecified atom stereocenters. The zero-order valence-corrected chi connectivity index (χ0v) is 20.3. The number of carbonyl (C=O) groups is 2. The maximum atomic E-state index is 13.9. The number of aryl methyl sites for hydroxylation is 1. The number of hydrogen-bond donors (Lipinski definition) is 2. The van der Waals surface area contributed by atoms with Gasteiger partial charge in [-0.15, -0.1) is 0 Å². The average Bonchev–Trinajstić information content (AvgIpc) is 3.35. The van der Waals surface area contributed by atoms with Gasteiger partial charge in [-0.1, -0.05) is 17.3 Å². The molecule has 0 radical (unpaired) electrons. The van der Waals surface area contributed by atoms with Gasteiger partial charge >= 0.3 is 6.09 Å². The number of anilines is 1. The molecule has 0 aliphatic heterocycles. The zero-order chi connectivity index (χ0) is 26.8. The molecular formula is C26H28F3N3O5. The van der Waals surface area contributed by atoms with Crippen LogP contribution in [-0.2, 0) is 16.0 Å². The van der Waals surface area contributed by atoms with E-state index >= 15 is 0 Å². The number of amides is 2. The van der Waals surface area contributed by atoms with Gasteiger partial charge in [-0.25, -0.2) is 18.0 Å². The van der Waals surface area contributed by atoms with E-state index in [1.54, 1.807) is 7.05 Å². The van der Waals surface area contributed by atoms with Crippen LogP contribution in [0.15, 0.2) is 53.1 Å². The molecule has 2 amide bonds. The lowest BCUT2D eigenvalue weighted by Gasteiger charge is -2.28. The van der Waals surface area contributed by atoms with E-state index in [1.165, 1.54) is 47.4 Å². The minimum Gasteiger partial charge on any atom is -0.447 e. The number of aliphatic hydroxyl groups is 1. The summed E-state index contributed by atoms with van der Waals surface area (Å²) in [4.78, 5) is 26.5. The van der Waals surface area contributed by atoms with Crippen LogP contribution in [0.1, 0.15) is 31.2 Å². The highest BCUT2D eigenvalue weighted by atomic mass is 19.2. The van der Waals surface area contributed by atoms with E-state index in [-0.39, 0.29) is 43.3 Å². The molecule has 37 heavy (non-hydrogen) atoms. The second-order valence-corrected chi connectivity index (χ2v) is 8.40. The fraction of sp³-hybridized carbons (Fsp3) is 0.346. The van der Waals surface area contributed by atoms with Gasteiger partial charge < -0.3 is 19.3 Å². The quantitative estimate of drug-likeness (QED) is 0.329. The third-order valence-electron chi connectivity index (χ3n) is 5.80. The Morgan fingerprint density at radius 1 is 1.14 bits per heavy atom. The highest BCUT2D eigenvalue weighted by molar-refractivity contribution is 5.84. The van der Waals surface area contributed by atoms with E-state index in [1.807, 2.05) is 0 Å². The Labute approximate surface area is 212 Å². The van der Waals surface area contributed by atoms with Crippen LogP contribution in [0.4, 0.5) is 23.8 Å². The van der Waals surface area contributed by atoms with E-state index in [9.17, 15) is 22.8 Å². The lowest BCUT2D eigenvalue weighted by atomic mass is 10.1. The molecule has 3 rings (SSSR count). The number of nitrogens with zero attached hydrogens (tertiary/aromatic N) is 2. The number of rotatable bonds is 12. The highest BCUT2D eigenvalue weighted by Gasteiger charge is 2.22. The maximum absolute atomic E-state index is 13.9. The number of nitrogens with one attached hydrogen (secondary N) is 1. The van der Waals surface area contributed by atoms with Gasteiger partial charge in [0, 0.05) is 31.7 Å². The number of halogens is 3. The molecule has 1 heterocycles. The zero-order valence-electron chi connectivity index (χ0n) is 20.3. The summed E-state index contributed by atoms with van der Waals surface area (Å²) in [5, 5.41) is 15.3. The number of unbranched alkanes of at least 4 members (excludes halogenated alkanes) is 1. The molecule has 1 aromatic heterocycles.